The molecule has 1 aromatic carbocycles. The van der Waals surface area contributed by atoms with Crippen molar-refractivity contribution in [3.8, 4) is 17.2 Å². The molecule has 0 spiro atoms. The molecule has 1 saturated heterocycles. The highest BCUT2D eigenvalue weighted by Crippen LogP contribution is 2.46. The van der Waals surface area contributed by atoms with E-state index in [-0.39, 0.29) is 52.2 Å². The lowest BCUT2D eigenvalue weighted by Crippen LogP contribution is -2.36. The van der Waals surface area contributed by atoms with E-state index in [9.17, 15) is 56.7 Å². The normalized spacial score (nSPS) is 17.1. The summed E-state index contributed by atoms with van der Waals surface area (Å²) in [5.74, 6) is -5.58. The number of benzene rings is 1. The average molecular weight is 813 g/mol. The number of amides is 2. The maximum Gasteiger partial charge on any atom is 0.323 e. The number of allylic oxidation sites excluding steroid dienone is 1. The number of thioether (sulfide) groups is 1. The second-order valence-corrected chi connectivity index (χ2v) is 14.8. The number of aromatic nitrogens is 2. The van der Waals surface area contributed by atoms with E-state index in [0.717, 1.165) is 0 Å². The third-order valence-electron chi connectivity index (χ3n) is 7.60. The van der Waals surface area contributed by atoms with Crippen LogP contribution in [0.4, 0.5) is 10.5 Å². The molecule has 2 aromatic heterocycles. The SMILES string of the molecule is COc1cc2c(cc1OC)N(CCCS(=O)(=O)O)/C(=C\C(C)=c1/s/c(=c3\o/c(=C4\SC(=O)N(CC(=O)O)C4=O)n(CC(=O)O)c3=O)n(CC(=O)O)c1=O)O2. The summed E-state index contributed by atoms with van der Waals surface area (Å²) in [5, 5.41) is 27.3. The van der Waals surface area contributed by atoms with Gasteiger partial charge in [0, 0.05) is 24.8 Å². The zero-order valence-corrected chi connectivity index (χ0v) is 30.5. The molecule has 24 heteroatoms. The minimum absolute atomic E-state index is 0.0272. The van der Waals surface area contributed by atoms with Gasteiger partial charge in [0.05, 0.1) is 30.2 Å². The highest BCUT2D eigenvalue weighted by Gasteiger charge is 2.39. The van der Waals surface area contributed by atoms with Crippen LogP contribution in [-0.2, 0) is 42.4 Å². The van der Waals surface area contributed by atoms with Gasteiger partial charge in [0.2, 0.25) is 16.8 Å². The molecule has 0 bridgehead atoms. The van der Waals surface area contributed by atoms with E-state index in [0.29, 0.717) is 36.8 Å². The van der Waals surface area contributed by atoms with Crippen molar-refractivity contribution >= 4 is 78.4 Å². The standard InChI is InChI=1S/C30H28N4O17S3/c1-13(7-18-31(5-4-6-54(45,46)47)14-8-16(48-2)17(49-3)9-15(14)50-18)23-26(42)33(11-20(37)38)29(52-23)22-25(41)32(10-19(35)36)28(51-22)24-27(43)34(12-21(39)40)30(44)53-24/h7-9H,4-6,10-12H2,1-3H3,(H,35,36)(H,37,38)(H,39,40)(H,45,46,47)/b18-7+,23-13-,28-24-,29-22-. The van der Waals surface area contributed by atoms with E-state index in [1.807, 2.05) is 0 Å². The van der Waals surface area contributed by atoms with Gasteiger partial charge in [0.15, 0.2) is 17.2 Å². The van der Waals surface area contributed by atoms with Gasteiger partial charge in [-0.25, -0.2) is 0 Å². The van der Waals surface area contributed by atoms with E-state index < -0.39 is 96.2 Å². The lowest BCUT2D eigenvalue weighted by Gasteiger charge is -2.18. The summed E-state index contributed by atoms with van der Waals surface area (Å²) in [6.45, 7) is -1.75. The van der Waals surface area contributed by atoms with E-state index >= 15 is 0 Å². The zero-order valence-electron chi connectivity index (χ0n) is 28.1. The maximum atomic E-state index is 13.8. The fraction of sp³-hybridized carbons (Fsp3) is 0.300. The third-order valence-corrected chi connectivity index (χ3v) is 10.7. The summed E-state index contributed by atoms with van der Waals surface area (Å²) in [5.41, 5.74) is -3.13. The van der Waals surface area contributed by atoms with Crippen molar-refractivity contribution in [1.29, 1.82) is 0 Å². The number of hydrogen-bond acceptors (Lipinski definition) is 16. The summed E-state index contributed by atoms with van der Waals surface area (Å²) in [6, 6.07) is 3.05. The Balaban J connectivity index is 1.78. The summed E-state index contributed by atoms with van der Waals surface area (Å²) < 4.78 is 55.2. The Morgan fingerprint density at radius 1 is 0.889 bits per heavy atom. The lowest BCUT2D eigenvalue weighted by atomic mass is 10.2. The Bertz CT molecular complexity index is 2620. The number of nitrogens with zero attached hydrogens (tertiary/aromatic N) is 4. The Morgan fingerprint density at radius 2 is 1.50 bits per heavy atom. The first kappa shape index (κ1) is 39.4. The van der Waals surface area contributed by atoms with E-state index in [4.69, 9.17) is 23.7 Å². The number of carbonyl (C=O) groups is 5. The molecule has 54 heavy (non-hydrogen) atoms. The molecule has 3 aromatic rings. The number of carboxylic acid groups (broad SMARTS) is 3. The van der Waals surface area contributed by atoms with Crippen LogP contribution in [0.2, 0.25) is 0 Å². The molecule has 0 unspecified atom stereocenters. The molecule has 0 radical (unpaired) electrons. The van der Waals surface area contributed by atoms with Crippen molar-refractivity contribution in [2.24, 2.45) is 0 Å². The number of oxazole rings is 1. The predicted molar refractivity (Wildman–Crippen MR) is 185 cm³/mol. The molecule has 0 saturated carbocycles. The predicted octanol–water partition coefficient (Wildman–Crippen LogP) is -0.785. The van der Waals surface area contributed by atoms with Crippen LogP contribution >= 0.6 is 23.1 Å². The fourth-order valence-electron chi connectivity index (χ4n) is 5.32. The van der Waals surface area contributed by atoms with Crippen LogP contribution < -0.4 is 40.3 Å². The number of aliphatic carboxylic acids is 3. The van der Waals surface area contributed by atoms with Gasteiger partial charge in [-0.2, -0.15) is 8.42 Å². The van der Waals surface area contributed by atoms with Gasteiger partial charge in [0.25, 0.3) is 32.4 Å². The van der Waals surface area contributed by atoms with Gasteiger partial charge in [-0.3, -0.25) is 52.1 Å². The highest BCUT2D eigenvalue weighted by molar-refractivity contribution is 8.22. The highest BCUT2D eigenvalue weighted by atomic mass is 32.2. The van der Waals surface area contributed by atoms with Gasteiger partial charge in [-0.1, -0.05) is 0 Å². The number of carbonyl (C=O) groups excluding carboxylic acids is 2. The summed E-state index contributed by atoms with van der Waals surface area (Å²) in [7, 11) is -1.55. The van der Waals surface area contributed by atoms with Crippen LogP contribution in [0.25, 0.3) is 10.5 Å². The topological polar surface area (TPSA) is 292 Å². The first-order chi connectivity index (χ1) is 25.3. The number of ether oxygens (including phenoxy) is 3. The van der Waals surface area contributed by atoms with Gasteiger partial charge >= 0.3 is 17.9 Å². The van der Waals surface area contributed by atoms with Crippen molar-refractivity contribution in [2.75, 3.05) is 38.0 Å². The van der Waals surface area contributed by atoms with Crippen LogP contribution in [0, 0.1) is 10.1 Å². The zero-order chi connectivity index (χ0) is 39.8. The van der Waals surface area contributed by atoms with Gasteiger partial charge in [0.1, 0.15) is 29.2 Å². The Morgan fingerprint density at radius 3 is 2.09 bits per heavy atom. The number of anilines is 1. The molecule has 0 atom stereocenters. The monoisotopic (exact) mass is 812 g/mol. The van der Waals surface area contributed by atoms with Gasteiger partial charge in [-0.05, 0) is 30.7 Å². The largest absolute Gasteiger partial charge is 0.493 e. The van der Waals surface area contributed by atoms with E-state index in [1.54, 1.807) is 6.07 Å². The van der Waals surface area contributed by atoms with Crippen molar-refractivity contribution in [1.82, 2.24) is 14.0 Å². The number of imide groups is 1. The summed E-state index contributed by atoms with van der Waals surface area (Å²) >= 11 is 0.747. The van der Waals surface area contributed by atoms with Crippen molar-refractivity contribution < 1.29 is 70.9 Å². The fourth-order valence-corrected chi connectivity index (χ4v) is 7.77. The molecule has 2 amide bonds. The van der Waals surface area contributed by atoms with E-state index in [1.165, 1.54) is 38.2 Å². The molecule has 288 valence electrons. The molecule has 5 rings (SSSR count). The molecule has 2 aliphatic heterocycles. The van der Waals surface area contributed by atoms with Crippen molar-refractivity contribution in [3.05, 3.63) is 65.0 Å². The summed E-state index contributed by atoms with van der Waals surface area (Å²) in [4.78, 5) is 89.1. The van der Waals surface area contributed by atoms with Crippen LogP contribution in [0.3, 0.4) is 0 Å². The minimum Gasteiger partial charge on any atom is -0.493 e. The number of fused-ring (bicyclic) bond motifs is 1. The molecular weight excluding hydrogens is 785 g/mol. The number of rotatable bonds is 13. The number of carboxylic acids is 3. The minimum atomic E-state index is -4.33. The van der Waals surface area contributed by atoms with Crippen LogP contribution in [0.5, 0.6) is 17.2 Å². The van der Waals surface area contributed by atoms with Crippen molar-refractivity contribution in [2.45, 2.75) is 26.4 Å². The van der Waals surface area contributed by atoms with Crippen LogP contribution in [0.1, 0.15) is 13.3 Å². The number of hydrogen-bond donors (Lipinski definition) is 4. The second-order valence-electron chi connectivity index (χ2n) is 11.3. The molecule has 21 nitrogen and oxygen atoms in total. The Labute approximate surface area is 309 Å². The number of thiazole rings is 1. The molecule has 1 fully saturated rings. The average Bonchev–Trinajstić information content (AvgIpc) is 3.77. The molecule has 2 aliphatic rings. The first-order valence-electron chi connectivity index (χ1n) is 15.1. The Hall–Kier alpha value is -5.85. The van der Waals surface area contributed by atoms with Gasteiger partial charge < -0.3 is 38.8 Å². The van der Waals surface area contributed by atoms with Gasteiger partial charge in [-0.15, -0.1) is 11.3 Å². The lowest BCUT2D eigenvalue weighted by molar-refractivity contribution is -0.140. The second kappa shape index (κ2) is 15.2. The smallest absolute Gasteiger partial charge is 0.323 e. The van der Waals surface area contributed by atoms with Crippen molar-refractivity contribution in [3.63, 3.8) is 0 Å². The van der Waals surface area contributed by atoms with Crippen LogP contribution in [0.15, 0.2) is 38.1 Å². The molecular formula is C30H28N4O17S3. The molecule has 4 heterocycles. The Kier molecular flexibility index (Phi) is 11.1. The van der Waals surface area contributed by atoms with E-state index in [2.05, 4.69) is 0 Å². The number of methoxy groups -OCH3 is 2. The first-order valence-corrected chi connectivity index (χ1v) is 18.4. The third kappa shape index (κ3) is 7.90. The maximum absolute atomic E-state index is 13.8. The van der Waals surface area contributed by atoms with Crippen LogP contribution in [-0.4, -0.2) is 104 Å². The quantitative estimate of drug-likeness (QED) is 0.154. The molecule has 4 N–H and O–H groups in total. The molecule has 0 aliphatic carbocycles. The summed E-state index contributed by atoms with van der Waals surface area (Å²) in [6.07, 6.45) is 1.29.